The standard InChI is InChI=1S/C28H50O4S/c1-4-7-9-11-13-15-17-19-25-21-22-28(32-27(6-3)24-33(29,30)31)23-26(25)20-18-16-14-12-10-8-5-2/h21-23,27H,4-20,24H2,1-3H3,(H,29,30,31). The van der Waals surface area contributed by atoms with Crippen LogP contribution in [0.2, 0.25) is 0 Å². The molecular formula is C28H50O4S. The van der Waals surface area contributed by atoms with Crippen molar-refractivity contribution in [1.29, 1.82) is 0 Å². The second-order valence-corrected chi connectivity index (χ2v) is 11.1. The molecule has 0 spiro atoms. The molecule has 0 aliphatic rings. The van der Waals surface area contributed by atoms with E-state index in [9.17, 15) is 13.0 Å². The van der Waals surface area contributed by atoms with E-state index in [4.69, 9.17) is 4.74 Å². The molecular weight excluding hydrogens is 432 g/mol. The third kappa shape index (κ3) is 15.5. The maximum Gasteiger partial charge on any atom is 0.268 e. The molecule has 0 bridgehead atoms. The number of hydrogen-bond donors (Lipinski definition) is 1. The van der Waals surface area contributed by atoms with Crippen LogP contribution in [-0.4, -0.2) is 24.8 Å². The third-order valence-corrected chi connectivity index (χ3v) is 7.22. The zero-order chi connectivity index (χ0) is 24.4. The summed E-state index contributed by atoms with van der Waals surface area (Å²) >= 11 is 0. The minimum Gasteiger partial charge on any atom is -0.489 e. The molecule has 0 aromatic heterocycles. The van der Waals surface area contributed by atoms with Crippen LogP contribution >= 0.6 is 0 Å². The van der Waals surface area contributed by atoms with Crippen molar-refractivity contribution in [1.82, 2.24) is 0 Å². The van der Waals surface area contributed by atoms with E-state index in [1.54, 1.807) is 0 Å². The first-order valence-electron chi connectivity index (χ1n) is 13.6. The Morgan fingerprint density at radius 1 is 0.727 bits per heavy atom. The van der Waals surface area contributed by atoms with Gasteiger partial charge >= 0.3 is 0 Å². The molecule has 1 unspecified atom stereocenters. The fourth-order valence-electron chi connectivity index (χ4n) is 4.36. The molecule has 0 aliphatic heterocycles. The summed E-state index contributed by atoms with van der Waals surface area (Å²) in [5.74, 6) is 0.350. The molecule has 0 heterocycles. The minimum absolute atomic E-state index is 0.365. The monoisotopic (exact) mass is 482 g/mol. The van der Waals surface area contributed by atoms with Gasteiger partial charge in [-0.05, 0) is 55.4 Å². The molecule has 33 heavy (non-hydrogen) atoms. The second-order valence-electron chi connectivity index (χ2n) is 9.57. The van der Waals surface area contributed by atoms with Crippen LogP contribution in [0.25, 0.3) is 0 Å². The molecule has 5 heteroatoms. The summed E-state index contributed by atoms with van der Waals surface area (Å²) in [6.07, 6.45) is 20.3. The van der Waals surface area contributed by atoms with Crippen LogP contribution in [0, 0.1) is 0 Å². The summed E-state index contributed by atoms with van der Waals surface area (Å²) in [5, 5.41) is 0. The summed E-state index contributed by atoms with van der Waals surface area (Å²) in [4.78, 5) is 0. The number of hydrogen-bond acceptors (Lipinski definition) is 3. The number of aryl methyl sites for hydroxylation is 2. The van der Waals surface area contributed by atoms with Gasteiger partial charge in [0, 0.05) is 0 Å². The Balaban J connectivity index is 2.68. The molecule has 1 aromatic carbocycles. The zero-order valence-corrected chi connectivity index (χ0v) is 22.4. The third-order valence-electron chi connectivity index (χ3n) is 6.43. The van der Waals surface area contributed by atoms with Crippen LogP contribution in [0.4, 0.5) is 0 Å². The van der Waals surface area contributed by atoms with Crippen LogP contribution in [0.3, 0.4) is 0 Å². The van der Waals surface area contributed by atoms with Crippen LogP contribution in [-0.2, 0) is 23.0 Å². The zero-order valence-electron chi connectivity index (χ0n) is 21.6. The van der Waals surface area contributed by atoms with Gasteiger partial charge in [0.25, 0.3) is 10.1 Å². The maximum atomic E-state index is 11.3. The second kappa shape index (κ2) is 18.3. The quantitative estimate of drug-likeness (QED) is 0.141. The summed E-state index contributed by atoms with van der Waals surface area (Å²) in [7, 11) is -4.05. The lowest BCUT2D eigenvalue weighted by Gasteiger charge is -2.18. The van der Waals surface area contributed by atoms with Crippen LogP contribution in [0.15, 0.2) is 18.2 Å². The van der Waals surface area contributed by atoms with Crippen molar-refractivity contribution >= 4 is 10.1 Å². The predicted molar refractivity (Wildman–Crippen MR) is 141 cm³/mol. The highest BCUT2D eigenvalue weighted by Crippen LogP contribution is 2.24. The molecule has 0 amide bonds. The molecule has 0 saturated heterocycles. The van der Waals surface area contributed by atoms with Gasteiger partial charge in [0.05, 0.1) is 0 Å². The van der Waals surface area contributed by atoms with Gasteiger partial charge < -0.3 is 4.74 Å². The summed E-state index contributed by atoms with van der Waals surface area (Å²) in [6, 6.07) is 6.25. The van der Waals surface area contributed by atoms with Crippen molar-refractivity contribution in [3.63, 3.8) is 0 Å². The van der Waals surface area contributed by atoms with E-state index in [0.717, 1.165) is 12.8 Å². The van der Waals surface area contributed by atoms with Gasteiger partial charge in [-0.3, -0.25) is 4.55 Å². The average Bonchev–Trinajstić information content (AvgIpc) is 2.77. The highest BCUT2D eigenvalue weighted by atomic mass is 32.2. The average molecular weight is 483 g/mol. The summed E-state index contributed by atoms with van der Waals surface area (Å²) in [6.45, 7) is 6.39. The van der Waals surface area contributed by atoms with Crippen LogP contribution in [0.1, 0.15) is 128 Å². The van der Waals surface area contributed by atoms with Gasteiger partial charge in [-0.25, -0.2) is 0 Å². The van der Waals surface area contributed by atoms with Crippen molar-refractivity contribution in [2.75, 3.05) is 5.75 Å². The lowest BCUT2D eigenvalue weighted by Crippen LogP contribution is -2.25. The van der Waals surface area contributed by atoms with Crippen LogP contribution in [0.5, 0.6) is 5.75 Å². The highest BCUT2D eigenvalue weighted by molar-refractivity contribution is 7.85. The fraction of sp³-hybridized carbons (Fsp3) is 0.786. The van der Waals surface area contributed by atoms with Crippen molar-refractivity contribution < 1.29 is 17.7 Å². The van der Waals surface area contributed by atoms with E-state index in [0.29, 0.717) is 12.2 Å². The number of unbranched alkanes of at least 4 members (excludes halogenated alkanes) is 12. The van der Waals surface area contributed by atoms with Gasteiger partial charge in [0.15, 0.2) is 0 Å². The molecule has 1 atom stereocenters. The van der Waals surface area contributed by atoms with E-state index < -0.39 is 16.2 Å². The van der Waals surface area contributed by atoms with Crippen LogP contribution < -0.4 is 4.74 Å². The number of ether oxygens (including phenoxy) is 1. The molecule has 1 aromatic rings. The van der Waals surface area contributed by atoms with E-state index in [1.165, 1.54) is 101 Å². The first-order valence-corrected chi connectivity index (χ1v) is 15.2. The van der Waals surface area contributed by atoms with E-state index >= 15 is 0 Å². The Morgan fingerprint density at radius 2 is 1.21 bits per heavy atom. The lowest BCUT2D eigenvalue weighted by molar-refractivity contribution is 0.216. The van der Waals surface area contributed by atoms with Gasteiger partial charge in [0.1, 0.15) is 17.6 Å². The first-order chi connectivity index (χ1) is 15.9. The summed E-state index contributed by atoms with van der Waals surface area (Å²) < 4.78 is 37.7. The van der Waals surface area contributed by atoms with Gasteiger partial charge in [-0.1, -0.05) is 104 Å². The smallest absolute Gasteiger partial charge is 0.268 e. The normalized spacial score (nSPS) is 12.7. The first kappa shape index (κ1) is 30.0. The predicted octanol–water partition coefficient (Wildman–Crippen LogP) is 8.32. The Morgan fingerprint density at radius 3 is 1.70 bits per heavy atom. The molecule has 1 rings (SSSR count). The Labute approximate surface area is 204 Å². The SMILES string of the molecule is CCCCCCCCCc1ccc(OC(CC)CS(=O)(=O)O)cc1CCCCCCCCC. The van der Waals surface area contributed by atoms with E-state index in [2.05, 4.69) is 26.0 Å². The Kier molecular flexibility index (Phi) is 16.6. The van der Waals surface area contributed by atoms with Crippen molar-refractivity contribution in [2.45, 2.75) is 136 Å². The van der Waals surface area contributed by atoms with Gasteiger partial charge in [-0.2, -0.15) is 8.42 Å². The Hall–Kier alpha value is -1.07. The number of benzene rings is 1. The lowest BCUT2D eigenvalue weighted by atomic mass is 9.96. The van der Waals surface area contributed by atoms with Crippen molar-refractivity contribution in [2.24, 2.45) is 0 Å². The molecule has 1 N–H and O–H groups in total. The van der Waals surface area contributed by atoms with E-state index in [-0.39, 0.29) is 5.75 Å². The molecule has 0 saturated carbocycles. The summed E-state index contributed by atoms with van der Waals surface area (Å²) in [5.41, 5.74) is 2.75. The van der Waals surface area contributed by atoms with Gasteiger partial charge in [-0.15, -0.1) is 0 Å². The Bertz CT molecular complexity index is 715. The molecule has 0 radical (unpaired) electrons. The largest absolute Gasteiger partial charge is 0.489 e. The maximum absolute atomic E-state index is 11.3. The fourth-order valence-corrected chi connectivity index (χ4v) is 5.13. The van der Waals surface area contributed by atoms with Crippen molar-refractivity contribution in [3.05, 3.63) is 29.3 Å². The van der Waals surface area contributed by atoms with Gasteiger partial charge in [0.2, 0.25) is 0 Å². The van der Waals surface area contributed by atoms with E-state index in [1.807, 2.05) is 13.0 Å². The molecule has 0 fully saturated rings. The topological polar surface area (TPSA) is 63.6 Å². The molecule has 192 valence electrons. The minimum atomic E-state index is -4.05. The highest BCUT2D eigenvalue weighted by Gasteiger charge is 2.17. The molecule has 0 aliphatic carbocycles. The number of rotatable bonds is 21. The van der Waals surface area contributed by atoms with Crippen molar-refractivity contribution in [3.8, 4) is 5.75 Å². The molecule has 4 nitrogen and oxygen atoms in total.